The van der Waals surface area contributed by atoms with Gasteiger partial charge in [0, 0.05) is 54.2 Å². The lowest BCUT2D eigenvalue weighted by atomic mass is 9.74. The predicted octanol–water partition coefficient (Wildman–Crippen LogP) is 5.37. The van der Waals surface area contributed by atoms with Crippen LogP contribution in [0.3, 0.4) is 0 Å². The van der Waals surface area contributed by atoms with E-state index < -0.39 is 5.41 Å². The van der Waals surface area contributed by atoms with Crippen molar-refractivity contribution in [1.82, 2.24) is 4.98 Å². The third kappa shape index (κ3) is 5.83. The largest absolute Gasteiger partial charge is 0.493 e. The van der Waals surface area contributed by atoms with E-state index in [-0.39, 0.29) is 5.97 Å². The highest BCUT2D eigenvalue weighted by molar-refractivity contribution is 5.96. The quantitative estimate of drug-likeness (QED) is 0.352. The molecule has 1 aliphatic heterocycles. The number of rotatable bonds is 9. The van der Waals surface area contributed by atoms with Crippen molar-refractivity contribution in [2.24, 2.45) is 5.41 Å². The summed E-state index contributed by atoms with van der Waals surface area (Å²) in [5.41, 5.74) is 3.18. The molecule has 3 aromatic rings. The Kier molecular flexibility index (Phi) is 8.26. The number of anilines is 4. The van der Waals surface area contributed by atoms with Crippen molar-refractivity contribution in [1.29, 1.82) is 0 Å². The Bertz CT molecular complexity index is 1280. The first kappa shape index (κ1) is 26.9. The van der Waals surface area contributed by atoms with Gasteiger partial charge >= 0.3 is 5.97 Å². The fourth-order valence-corrected chi connectivity index (χ4v) is 5.65. The van der Waals surface area contributed by atoms with Crippen LogP contribution < -0.4 is 25.0 Å². The molecule has 1 saturated carbocycles. The molecule has 0 atom stereocenters. The number of benzene rings is 2. The number of methoxy groups -OCH3 is 3. The van der Waals surface area contributed by atoms with Crippen molar-refractivity contribution in [3.63, 3.8) is 0 Å². The lowest BCUT2D eigenvalue weighted by Gasteiger charge is -2.35. The van der Waals surface area contributed by atoms with E-state index in [2.05, 4.69) is 39.8 Å². The summed E-state index contributed by atoms with van der Waals surface area (Å²) in [5.74, 6) is 1.77. The van der Waals surface area contributed by atoms with Gasteiger partial charge in [0.25, 0.3) is 0 Å². The van der Waals surface area contributed by atoms with Crippen molar-refractivity contribution < 1.29 is 23.7 Å². The van der Waals surface area contributed by atoms with Crippen LogP contribution in [0.2, 0.25) is 0 Å². The third-order valence-corrected chi connectivity index (χ3v) is 7.88. The number of hydrogen-bond donors (Lipinski definition) is 2. The topological polar surface area (TPSA) is 94.2 Å². The summed E-state index contributed by atoms with van der Waals surface area (Å²) in [4.78, 5) is 20.1. The smallest absolute Gasteiger partial charge is 0.313 e. The van der Waals surface area contributed by atoms with Gasteiger partial charge in [-0.3, -0.25) is 4.79 Å². The van der Waals surface area contributed by atoms with Gasteiger partial charge in [0.15, 0.2) is 11.5 Å². The number of fused-ring (bicyclic) bond motifs is 1. The van der Waals surface area contributed by atoms with Gasteiger partial charge in [-0.05, 0) is 43.2 Å². The molecule has 9 nitrogen and oxygen atoms in total. The second kappa shape index (κ2) is 12.0. The average Bonchev–Trinajstić information content (AvgIpc) is 3.00. The van der Waals surface area contributed by atoms with Gasteiger partial charge in [0.05, 0.1) is 45.5 Å². The Morgan fingerprint density at radius 3 is 2.33 bits per heavy atom. The number of esters is 1. The summed E-state index contributed by atoms with van der Waals surface area (Å²) in [6.07, 6.45) is 4.81. The maximum absolute atomic E-state index is 12.9. The molecule has 39 heavy (non-hydrogen) atoms. The number of ether oxygens (including phenoxy) is 4. The van der Waals surface area contributed by atoms with E-state index in [1.807, 2.05) is 18.2 Å². The maximum atomic E-state index is 12.9. The first-order chi connectivity index (χ1) is 19.0. The zero-order valence-corrected chi connectivity index (χ0v) is 23.0. The van der Waals surface area contributed by atoms with Gasteiger partial charge in [0.1, 0.15) is 5.82 Å². The summed E-state index contributed by atoms with van der Waals surface area (Å²) in [6, 6.07) is 14.1. The highest BCUT2D eigenvalue weighted by Crippen LogP contribution is 2.40. The minimum absolute atomic E-state index is 0.147. The normalized spacial score (nSPS) is 16.9. The third-order valence-electron chi connectivity index (χ3n) is 7.88. The van der Waals surface area contributed by atoms with Crippen LogP contribution in [0.15, 0.2) is 42.5 Å². The van der Waals surface area contributed by atoms with E-state index in [9.17, 15) is 4.79 Å². The molecule has 2 aliphatic rings. The van der Waals surface area contributed by atoms with Crippen LogP contribution in [-0.4, -0.2) is 65.1 Å². The molecule has 2 aromatic carbocycles. The Morgan fingerprint density at radius 1 is 0.974 bits per heavy atom. The summed E-state index contributed by atoms with van der Waals surface area (Å²) >= 11 is 0. The van der Waals surface area contributed by atoms with Crippen LogP contribution in [0.1, 0.15) is 32.1 Å². The molecule has 0 unspecified atom stereocenters. The molecule has 5 rings (SSSR count). The lowest BCUT2D eigenvalue weighted by molar-refractivity contribution is -0.153. The first-order valence-electron chi connectivity index (χ1n) is 13.6. The number of hydrogen-bond acceptors (Lipinski definition) is 9. The van der Waals surface area contributed by atoms with Crippen molar-refractivity contribution in [2.45, 2.75) is 32.1 Å². The number of aromatic nitrogens is 1. The molecule has 0 radical (unpaired) electrons. The fourth-order valence-electron chi connectivity index (χ4n) is 5.65. The van der Waals surface area contributed by atoms with Gasteiger partial charge in [-0.2, -0.15) is 0 Å². The minimum Gasteiger partial charge on any atom is -0.493 e. The van der Waals surface area contributed by atoms with Gasteiger partial charge in [-0.15, -0.1) is 0 Å². The van der Waals surface area contributed by atoms with Crippen molar-refractivity contribution in [3.05, 3.63) is 42.5 Å². The number of carbonyl (C=O) groups excluding carboxylic acids is 1. The van der Waals surface area contributed by atoms with Crippen molar-refractivity contribution in [2.75, 3.05) is 69.7 Å². The summed E-state index contributed by atoms with van der Waals surface area (Å²) < 4.78 is 21.8. The summed E-state index contributed by atoms with van der Waals surface area (Å²) in [5, 5.41) is 7.93. The standard InChI is InChI=1S/C30H38N4O5/c1-36-26-17-23-24(31-20-30(29(35)38-3)11-5-4-6-12-30)19-28(33-25(23)18-27(26)37-2)32-21-7-9-22(10-8-21)34-13-15-39-16-14-34/h7-10,17-19H,4-6,11-16,20H2,1-3H3,(H2,31,32,33). The monoisotopic (exact) mass is 534 g/mol. The molecule has 0 bridgehead atoms. The van der Waals surface area contributed by atoms with E-state index >= 15 is 0 Å². The minimum atomic E-state index is -0.540. The number of nitrogens with zero attached hydrogens (tertiary/aromatic N) is 2. The number of nitrogens with one attached hydrogen (secondary N) is 2. The molecule has 9 heteroatoms. The molecule has 0 amide bonds. The van der Waals surface area contributed by atoms with Crippen LogP contribution >= 0.6 is 0 Å². The number of pyridine rings is 1. The Labute approximate surface area is 229 Å². The highest BCUT2D eigenvalue weighted by atomic mass is 16.5. The summed E-state index contributed by atoms with van der Waals surface area (Å²) in [6.45, 7) is 3.78. The van der Waals surface area contributed by atoms with E-state index in [1.54, 1.807) is 14.2 Å². The van der Waals surface area contributed by atoms with Crippen LogP contribution in [0.5, 0.6) is 11.5 Å². The molecular weight excluding hydrogens is 496 g/mol. The van der Waals surface area contributed by atoms with Gasteiger partial charge in [0.2, 0.25) is 0 Å². The van der Waals surface area contributed by atoms with Gasteiger partial charge < -0.3 is 34.5 Å². The second-order valence-corrected chi connectivity index (χ2v) is 10.2. The highest BCUT2D eigenvalue weighted by Gasteiger charge is 2.40. The number of carbonyl (C=O) groups is 1. The van der Waals surface area contributed by atoms with Crippen molar-refractivity contribution >= 4 is 39.8 Å². The van der Waals surface area contributed by atoms with Crippen LogP contribution in [0, 0.1) is 5.41 Å². The second-order valence-electron chi connectivity index (χ2n) is 10.2. The van der Waals surface area contributed by atoms with E-state index in [0.29, 0.717) is 23.9 Å². The Hall–Kier alpha value is -3.72. The van der Waals surface area contributed by atoms with Crippen LogP contribution in [-0.2, 0) is 14.3 Å². The molecule has 1 saturated heterocycles. The molecular formula is C30H38N4O5. The first-order valence-corrected chi connectivity index (χ1v) is 13.6. The average molecular weight is 535 g/mol. The lowest BCUT2D eigenvalue weighted by Crippen LogP contribution is -2.40. The number of morpholine rings is 1. The fraction of sp³-hybridized carbons (Fsp3) is 0.467. The molecule has 1 aliphatic carbocycles. The van der Waals surface area contributed by atoms with E-state index in [1.165, 1.54) is 12.8 Å². The summed E-state index contributed by atoms with van der Waals surface area (Å²) in [7, 11) is 4.71. The van der Waals surface area contributed by atoms with Crippen LogP contribution in [0.4, 0.5) is 22.9 Å². The molecule has 208 valence electrons. The van der Waals surface area contributed by atoms with Gasteiger partial charge in [-0.1, -0.05) is 19.3 Å². The van der Waals surface area contributed by atoms with Crippen LogP contribution in [0.25, 0.3) is 10.9 Å². The SMILES string of the molecule is COC(=O)C1(CNc2cc(Nc3ccc(N4CCOCC4)cc3)nc3cc(OC)c(OC)cc23)CCCCC1. The zero-order chi connectivity index (χ0) is 27.2. The Morgan fingerprint density at radius 2 is 1.67 bits per heavy atom. The molecule has 2 N–H and O–H groups in total. The predicted molar refractivity (Wildman–Crippen MR) is 154 cm³/mol. The molecule has 0 spiro atoms. The molecule has 1 aromatic heterocycles. The van der Waals surface area contributed by atoms with E-state index in [4.69, 9.17) is 23.9 Å². The van der Waals surface area contributed by atoms with Gasteiger partial charge in [-0.25, -0.2) is 4.98 Å². The van der Waals surface area contributed by atoms with Crippen molar-refractivity contribution in [3.8, 4) is 11.5 Å². The molecule has 2 fully saturated rings. The van der Waals surface area contributed by atoms with E-state index in [0.717, 1.165) is 80.7 Å². The maximum Gasteiger partial charge on any atom is 0.313 e. The molecule has 2 heterocycles. The zero-order valence-electron chi connectivity index (χ0n) is 23.0. The Balaban J connectivity index is 1.46.